The van der Waals surface area contributed by atoms with E-state index in [-0.39, 0.29) is 5.76 Å². The lowest BCUT2D eigenvalue weighted by Crippen LogP contribution is -2.23. The summed E-state index contributed by atoms with van der Waals surface area (Å²) in [7, 11) is 0. The highest BCUT2D eigenvalue weighted by Crippen LogP contribution is 2.27. The number of fused-ring (bicyclic) bond motifs is 1. The molecule has 17 heavy (non-hydrogen) atoms. The lowest BCUT2D eigenvalue weighted by Gasteiger charge is -2.18. The van der Waals surface area contributed by atoms with Crippen LogP contribution in [0.3, 0.4) is 0 Å². The van der Waals surface area contributed by atoms with Crippen LogP contribution < -0.4 is 0 Å². The molecule has 0 atom stereocenters. The second-order valence-electron chi connectivity index (χ2n) is 4.76. The number of carbonyl (C=O) groups is 1. The second kappa shape index (κ2) is 4.08. The summed E-state index contributed by atoms with van der Waals surface area (Å²) in [6.45, 7) is 5.42. The molecule has 0 saturated heterocycles. The Kier molecular flexibility index (Phi) is 2.87. The quantitative estimate of drug-likeness (QED) is 0.719. The SMILES string of the molecule is CC(C)(C)OC(=O)c1cc2c(Cl)cccc2o1. The van der Waals surface area contributed by atoms with E-state index in [9.17, 15) is 4.79 Å². The number of ether oxygens (including phenoxy) is 1. The van der Waals surface area contributed by atoms with Crippen molar-refractivity contribution in [3.05, 3.63) is 35.0 Å². The third-order valence-electron chi connectivity index (χ3n) is 2.11. The van der Waals surface area contributed by atoms with Gasteiger partial charge in [0, 0.05) is 11.5 Å². The molecular formula is C13H13ClO3. The minimum atomic E-state index is -0.542. The highest BCUT2D eigenvalue weighted by atomic mass is 35.5. The number of carbonyl (C=O) groups excluding carboxylic acids is 1. The van der Waals surface area contributed by atoms with E-state index >= 15 is 0 Å². The zero-order chi connectivity index (χ0) is 12.6. The van der Waals surface area contributed by atoms with Gasteiger partial charge >= 0.3 is 5.97 Å². The summed E-state index contributed by atoms with van der Waals surface area (Å²) >= 11 is 6.00. The van der Waals surface area contributed by atoms with E-state index in [0.717, 1.165) is 5.39 Å². The van der Waals surface area contributed by atoms with Crippen molar-refractivity contribution in [1.29, 1.82) is 0 Å². The average Bonchev–Trinajstić information content (AvgIpc) is 2.60. The lowest BCUT2D eigenvalue weighted by atomic mass is 10.2. The fraction of sp³-hybridized carbons (Fsp3) is 0.308. The molecule has 2 rings (SSSR count). The first kappa shape index (κ1) is 12.0. The van der Waals surface area contributed by atoms with Crippen LogP contribution in [0.15, 0.2) is 28.7 Å². The van der Waals surface area contributed by atoms with Gasteiger partial charge in [0.2, 0.25) is 5.76 Å². The first-order valence-electron chi connectivity index (χ1n) is 5.28. The van der Waals surface area contributed by atoms with Crippen molar-refractivity contribution >= 4 is 28.5 Å². The summed E-state index contributed by atoms with van der Waals surface area (Å²) in [5, 5.41) is 1.27. The number of benzene rings is 1. The van der Waals surface area contributed by atoms with Crippen LogP contribution in [0, 0.1) is 0 Å². The molecule has 0 aliphatic heterocycles. The van der Waals surface area contributed by atoms with E-state index in [4.69, 9.17) is 20.8 Å². The zero-order valence-corrected chi connectivity index (χ0v) is 10.7. The molecule has 0 aliphatic rings. The van der Waals surface area contributed by atoms with Gasteiger partial charge in [-0.3, -0.25) is 0 Å². The molecule has 0 fully saturated rings. The largest absolute Gasteiger partial charge is 0.454 e. The molecule has 4 heteroatoms. The van der Waals surface area contributed by atoms with Crippen molar-refractivity contribution in [2.45, 2.75) is 26.4 Å². The number of hydrogen-bond acceptors (Lipinski definition) is 3. The summed E-state index contributed by atoms with van der Waals surface area (Å²) < 4.78 is 10.6. The van der Waals surface area contributed by atoms with Gasteiger partial charge in [0.1, 0.15) is 11.2 Å². The third-order valence-corrected chi connectivity index (χ3v) is 2.44. The van der Waals surface area contributed by atoms with Crippen LogP contribution in [0.1, 0.15) is 31.3 Å². The third kappa shape index (κ3) is 2.61. The first-order chi connectivity index (χ1) is 7.87. The van der Waals surface area contributed by atoms with E-state index < -0.39 is 11.6 Å². The number of hydrogen-bond donors (Lipinski definition) is 0. The van der Waals surface area contributed by atoms with Crippen LogP contribution in [-0.4, -0.2) is 11.6 Å². The highest BCUT2D eigenvalue weighted by molar-refractivity contribution is 6.35. The average molecular weight is 253 g/mol. The molecule has 1 aromatic heterocycles. The molecule has 0 radical (unpaired) electrons. The van der Waals surface area contributed by atoms with Crippen molar-refractivity contribution in [1.82, 2.24) is 0 Å². The van der Waals surface area contributed by atoms with Gasteiger partial charge < -0.3 is 9.15 Å². The fourth-order valence-electron chi connectivity index (χ4n) is 1.45. The predicted octanol–water partition coefficient (Wildman–Crippen LogP) is 4.04. The molecule has 0 unspecified atom stereocenters. The Labute approximate surface area is 104 Å². The Bertz CT molecular complexity index is 564. The van der Waals surface area contributed by atoms with Gasteiger partial charge in [-0.05, 0) is 32.9 Å². The Hall–Kier alpha value is -1.48. The van der Waals surface area contributed by atoms with E-state index in [2.05, 4.69) is 0 Å². The van der Waals surface area contributed by atoms with Gasteiger partial charge in [-0.25, -0.2) is 4.79 Å². The summed E-state index contributed by atoms with van der Waals surface area (Å²) in [6, 6.07) is 6.88. The molecule has 3 nitrogen and oxygen atoms in total. The lowest BCUT2D eigenvalue weighted by molar-refractivity contribution is 0.00382. The molecule has 0 N–H and O–H groups in total. The van der Waals surface area contributed by atoms with E-state index in [1.54, 1.807) is 45.0 Å². The summed E-state index contributed by atoms with van der Waals surface area (Å²) in [5.41, 5.74) is 0.0400. The van der Waals surface area contributed by atoms with E-state index in [1.807, 2.05) is 0 Å². The predicted molar refractivity (Wildman–Crippen MR) is 66.4 cm³/mol. The zero-order valence-electron chi connectivity index (χ0n) is 9.91. The molecule has 0 spiro atoms. The molecular weight excluding hydrogens is 240 g/mol. The second-order valence-corrected chi connectivity index (χ2v) is 5.17. The van der Waals surface area contributed by atoms with Gasteiger partial charge in [0.15, 0.2) is 0 Å². The summed E-state index contributed by atoms with van der Waals surface area (Å²) in [4.78, 5) is 11.8. The van der Waals surface area contributed by atoms with Crippen LogP contribution in [0.4, 0.5) is 0 Å². The highest BCUT2D eigenvalue weighted by Gasteiger charge is 2.21. The Morgan fingerprint density at radius 3 is 2.65 bits per heavy atom. The molecule has 1 heterocycles. The maximum atomic E-state index is 11.8. The molecule has 90 valence electrons. The topological polar surface area (TPSA) is 39.4 Å². The van der Waals surface area contributed by atoms with Gasteiger partial charge in [-0.15, -0.1) is 0 Å². The van der Waals surface area contributed by atoms with Crippen LogP contribution in [0.5, 0.6) is 0 Å². The number of furan rings is 1. The van der Waals surface area contributed by atoms with Crippen molar-refractivity contribution < 1.29 is 13.9 Å². The van der Waals surface area contributed by atoms with Crippen LogP contribution in [0.2, 0.25) is 5.02 Å². The van der Waals surface area contributed by atoms with Gasteiger partial charge in [0.25, 0.3) is 0 Å². The van der Waals surface area contributed by atoms with E-state index in [0.29, 0.717) is 10.6 Å². The van der Waals surface area contributed by atoms with Crippen molar-refractivity contribution in [2.24, 2.45) is 0 Å². The van der Waals surface area contributed by atoms with Gasteiger partial charge in [-0.2, -0.15) is 0 Å². The van der Waals surface area contributed by atoms with Crippen molar-refractivity contribution in [3.63, 3.8) is 0 Å². The minimum Gasteiger partial charge on any atom is -0.454 e. The monoisotopic (exact) mass is 252 g/mol. The van der Waals surface area contributed by atoms with Gasteiger partial charge in [0.05, 0.1) is 5.02 Å². The van der Waals surface area contributed by atoms with Crippen molar-refractivity contribution in [2.75, 3.05) is 0 Å². The first-order valence-corrected chi connectivity index (χ1v) is 5.66. The number of esters is 1. The Morgan fingerprint density at radius 2 is 2.06 bits per heavy atom. The standard InChI is InChI=1S/C13H13ClO3/c1-13(2,3)17-12(15)11-7-8-9(14)5-4-6-10(8)16-11/h4-7H,1-3H3. The van der Waals surface area contributed by atoms with Crippen LogP contribution in [-0.2, 0) is 4.74 Å². The minimum absolute atomic E-state index is 0.169. The van der Waals surface area contributed by atoms with Gasteiger partial charge in [-0.1, -0.05) is 17.7 Å². The maximum absolute atomic E-state index is 11.8. The van der Waals surface area contributed by atoms with E-state index in [1.165, 1.54) is 0 Å². The molecule has 0 aliphatic carbocycles. The van der Waals surface area contributed by atoms with Crippen LogP contribution >= 0.6 is 11.6 Å². The number of halogens is 1. The van der Waals surface area contributed by atoms with Crippen molar-refractivity contribution in [3.8, 4) is 0 Å². The molecule has 2 aromatic rings. The molecule has 0 bridgehead atoms. The summed E-state index contributed by atoms with van der Waals surface area (Å²) in [5.74, 6) is -0.312. The number of rotatable bonds is 1. The molecule has 0 saturated carbocycles. The summed E-state index contributed by atoms with van der Waals surface area (Å²) in [6.07, 6.45) is 0. The molecule has 0 amide bonds. The maximum Gasteiger partial charge on any atom is 0.374 e. The van der Waals surface area contributed by atoms with Crippen LogP contribution in [0.25, 0.3) is 11.0 Å². The Balaban J connectivity index is 2.37. The normalized spacial score (nSPS) is 11.8. The molecule has 1 aromatic carbocycles. The Morgan fingerprint density at radius 1 is 1.35 bits per heavy atom. The fourth-order valence-corrected chi connectivity index (χ4v) is 1.67. The smallest absolute Gasteiger partial charge is 0.374 e.